The molecule has 4 nitrogen and oxygen atoms in total. The SMILES string of the molecule is CSc1ccccc1NS(=O)(=O)c1ccc(N)c(F)c1. The van der Waals surface area contributed by atoms with Gasteiger partial charge in [0.2, 0.25) is 0 Å². The van der Waals surface area contributed by atoms with Gasteiger partial charge in [-0.2, -0.15) is 0 Å². The zero-order chi connectivity index (χ0) is 14.8. The van der Waals surface area contributed by atoms with Crippen LogP contribution in [-0.2, 0) is 10.0 Å². The molecule has 0 aliphatic carbocycles. The number of sulfonamides is 1. The Hall–Kier alpha value is -1.73. The normalized spacial score (nSPS) is 11.3. The fourth-order valence-corrected chi connectivity index (χ4v) is 3.32. The van der Waals surface area contributed by atoms with Crippen LogP contribution < -0.4 is 10.5 Å². The van der Waals surface area contributed by atoms with E-state index in [1.807, 2.05) is 12.3 Å². The van der Waals surface area contributed by atoms with Gasteiger partial charge in [-0.1, -0.05) is 12.1 Å². The monoisotopic (exact) mass is 312 g/mol. The Kier molecular flexibility index (Phi) is 4.20. The molecule has 0 aliphatic rings. The average Bonchev–Trinajstić information content (AvgIpc) is 2.42. The number of hydrogen-bond acceptors (Lipinski definition) is 4. The van der Waals surface area contributed by atoms with Crippen molar-refractivity contribution in [2.45, 2.75) is 9.79 Å². The molecule has 0 unspecified atom stereocenters. The second-order valence-corrected chi connectivity index (χ2v) is 6.52. The number of nitrogen functional groups attached to an aromatic ring is 1. The average molecular weight is 312 g/mol. The van der Waals surface area contributed by atoms with Gasteiger partial charge in [0.05, 0.1) is 16.3 Å². The summed E-state index contributed by atoms with van der Waals surface area (Å²) in [6.07, 6.45) is 1.84. The fraction of sp³-hybridized carbons (Fsp3) is 0.0769. The summed E-state index contributed by atoms with van der Waals surface area (Å²) >= 11 is 1.42. The molecule has 0 saturated heterocycles. The molecular formula is C13H13FN2O2S2. The minimum Gasteiger partial charge on any atom is -0.396 e. The van der Waals surface area contributed by atoms with Crippen LogP contribution in [0.1, 0.15) is 0 Å². The van der Waals surface area contributed by atoms with Gasteiger partial charge in [0.25, 0.3) is 10.0 Å². The van der Waals surface area contributed by atoms with E-state index in [0.717, 1.165) is 11.0 Å². The van der Waals surface area contributed by atoms with Gasteiger partial charge < -0.3 is 5.73 Å². The summed E-state index contributed by atoms with van der Waals surface area (Å²) in [5.41, 5.74) is 5.70. The lowest BCUT2D eigenvalue weighted by molar-refractivity contribution is 0.596. The van der Waals surface area contributed by atoms with Crippen LogP contribution in [0.5, 0.6) is 0 Å². The van der Waals surface area contributed by atoms with E-state index in [1.54, 1.807) is 18.2 Å². The fourth-order valence-electron chi connectivity index (χ4n) is 1.61. The summed E-state index contributed by atoms with van der Waals surface area (Å²) in [7, 11) is -3.84. The molecule has 2 aromatic rings. The summed E-state index contributed by atoms with van der Waals surface area (Å²) in [6.45, 7) is 0. The first-order chi connectivity index (χ1) is 9.44. The molecule has 0 spiro atoms. The van der Waals surface area contributed by atoms with Crippen LogP contribution in [0.4, 0.5) is 15.8 Å². The van der Waals surface area contributed by atoms with Crippen molar-refractivity contribution in [2.24, 2.45) is 0 Å². The van der Waals surface area contributed by atoms with E-state index in [2.05, 4.69) is 4.72 Å². The van der Waals surface area contributed by atoms with E-state index in [4.69, 9.17) is 5.73 Å². The first kappa shape index (κ1) is 14.7. The molecule has 0 aromatic heterocycles. The van der Waals surface area contributed by atoms with Crippen LogP contribution in [0.2, 0.25) is 0 Å². The van der Waals surface area contributed by atoms with Crippen molar-refractivity contribution in [1.82, 2.24) is 0 Å². The molecule has 0 fully saturated rings. The highest BCUT2D eigenvalue weighted by molar-refractivity contribution is 7.99. The number of rotatable bonds is 4. The van der Waals surface area contributed by atoms with E-state index >= 15 is 0 Å². The van der Waals surface area contributed by atoms with E-state index in [0.29, 0.717) is 5.69 Å². The molecular weight excluding hydrogens is 299 g/mol. The van der Waals surface area contributed by atoms with Gasteiger partial charge in [-0.15, -0.1) is 11.8 Å². The number of thioether (sulfide) groups is 1. The molecule has 20 heavy (non-hydrogen) atoms. The van der Waals surface area contributed by atoms with Crippen LogP contribution >= 0.6 is 11.8 Å². The lowest BCUT2D eigenvalue weighted by atomic mass is 10.3. The molecule has 0 atom stereocenters. The van der Waals surface area contributed by atoms with Crippen LogP contribution in [0, 0.1) is 5.82 Å². The van der Waals surface area contributed by atoms with E-state index in [-0.39, 0.29) is 10.6 Å². The topological polar surface area (TPSA) is 72.2 Å². The summed E-state index contributed by atoms with van der Waals surface area (Å²) in [6, 6.07) is 10.4. The maximum atomic E-state index is 13.4. The number of para-hydroxylation sites is 1. The van der Waals surface area contributed by atoms with Crippen molar-refractivity contribution < 1.29 is 12.8 Å². The summed E-state index contributed by atoms with van der Waals surface area (Å²) in [4.78, 5) is 0.618. The molecule has 2 aromatic carbocycles. The van der Waals surface area contributed by atoms with Gasteiger partial charge in [0, 0.05) is 4.90 Å². The van der Waals surface area contributed by atoms with Gasteiger partial charge in [-0.05, 0) is 36.6 Å². The highest BCUT2D eigenvalue weighted by Crippen LogP contribution is 2.27. The largest absolute Gasteiger partial charge is 0.396 e. The molecule has 2 rings (SSSR count). The minimum absolute atomic E-state index is 0.0894. The highest BCUT2D eigenvalue weighted by Gasteiger charge is 2.17. The van der Waals surface area contributed by atoms with Gasteiger partial charge >= 0.3 is 0 Å². The first-order valence-electron chi connectivity index (χ1n) is 5.65. The summed E-state index contributed by atoms with van der Waals surface area (Å²) in [5, 5.41) is 0. The summed E-state index contributed by atoms with van der Waals surface area (Å²) in [5.74, 6) is -0.758. The van der Waals surface area contributed by atoms with Crippen molar-refractivity contribution >= 4 is 33.2 Å². The highest BCUT2D eigenvalue weighted by atomic mass is 32.2. The van der Waals surface area contributed by atoms with Crippen LogP contribution in [-0.4, -0.2) is 14.7 Å². The van der Waals surface area contributed by atoms with Crippen molar-refractivity contribution in [3.63, 3.8) is 0 Å². The molecule has 0 amide bonds. The molecule has 0 aliphatic heterocycles. The molecule has 0 radical (unpaired) electrons. The third-order valence-electron chi connectivity index (χ3n) is 2.63. The van der Waals surface area contributed by atoms with Crippen molar-refractivity contribution in [2.75, 3.05) is 16.7 Å². The predicted octanol–water partition coefficient (Wildman–Crippen LogP) is 2.93. The molecule has 3 N–H and O–H groups in total. The summed E-state index contributed by atoms with van der Waals surface area (Å²) < 4.78 is 40.2. The lowest BCUT2D eigenvalue weighted by Crippen LogP contribution is -2.14. The number of halogens is 1. The van der Waals surface area contributed by atoms with E-state index in [9.17, 15) is 12.8 Å². The smallest absolute Gasteiger partial charge is 0.262 e. The first-order valence-corrected chi connectivity index (χ1v) is 8.35. The van der Waals surface area contributed by atoms with E-state index in [1.165, 1.54) is 23.9 Å². The molecule has 7 heteroatoms. The number of hydrogen-bond donors (Lipinski definition) is 2. The molecule has 106 valence electrons. The van der Waals surface area contributed by atoms with Crippen molar-refractivity contribution in [3.05, 3.63) is 48.3 Å². The molecule has 0 heterocycles. The van der Waals surface area contributed by atoms with Crippen molar-refractivity contribution in [3.8, 4) is 0 Å². The van der Waals surface area contributed by atoms with Gasteiger partial charge in [0.1, 0.15) is 5.82 Å². The second-order valence-electron chi connectivity index (χ2n) is 3.99. The Bertz CT molecular complexity index is 733. The third-order valence-corrected chi connectivity index (χ3v) is 4.79. The number of nitrogens with two attached hydrogens (primary N) is 1. The zero-order valence-electron chi connectivity index (χ0n) is 10.6. The van der Waals surface area contributed by atoms with Crippen molar-refractivity contribution in [1.29, 1.82) is 0 Å². The van der Waals surface area contributed by atoms with Crippen LogP contribution in [0.3, 0.4) is 0 Å². The number of anilines is 2. The molecule has 0 saturated carbocycles. The quantitative estimate of drug-likeness (QED) is 0.672. The van der Waals surface area contributed by atoms with E-state index < -0.39 is 15.8 Å². The number of nitrogens with one attached hydrogen (secondary N) is 1. The van der Waals surface area contributed by atoms with Crippen LogP contribution in [0.15, 0.2) is 52.3 Å². The third kappa shape index (κ3) is 3.05. The zero-order valence-corrected chi connectivity index (χ0v) is 12.3. The Morgan fingerprint density at radius 3 is 2.55 bits per heavy atom. The van der Waals surface area contributed by atoms with Gasteiger partial charge in [-0.3, -0.25) is 4.72 Å². The standard InChI is InChI=1S/C13H13FN2O2S2/c1-19-13-5-3-2-4-12(13)16-20(17,18)9-6-7-11(15)10(14)8-9/h2-8,16H,15H2,1H3. The lowest BCUT2D eigenvalue weighted by Gasteiger charge is -2.11. The second kappa shape index (κ2) is 5.72. The Balaban J connectivity index is 2.38. The van der Waals surface area contributed by atoms with Gasteiger partial charge in [0.15, 0.2) is 0 Å². The Morgan fingerprint density at radius 2 is 1.90 bits per heavy atom. The van der Waals surface area contributed by atoms with Gasteiger partial charge in [-0.25, -0.2) is 12.8 Å². The Labute approximate surface area is 121 Å². The predicted molar refractivity (Wildman–Crippen MR) is 79.8 cm³/mol. The maximum Gasteiger partial charge on any atom is 0.262 e. The van der Waals surface area contributed by atoms with Crippen LogP contribution in [0.25, 0.3) is 0 Å². The minimum atomic E-state index is -3.84. The number of benzene rings is 2. The molecule has 0 bridgehead atoms. The maximum absolute atomic E-state index is 13.4. The Morgan fingerprint density at radius 1 is 1.20 bits per heavy atom.